The van der Waals surface area contributed by atoms with Crippen LogP contribution in [0.1, 0.15) is 32.1 Å². The second kappa shape index (κ2) is 9.75. The molecule has 0 aliphatic heterocycles. The summed E-state index contributed by atoms with van der Waals surface area (Å²) in [4.78, 5) is 30.4. The molecule has 0 aliphatic carbocycles. The smallest absolute Gasteiger partial charge is 0.336 e. The van der Waals surface area contributed by atoms with Gasteiger partial charge in [-0.1, -0.05) is 36.4 Å². The van der Waals surface area contributed by atoms with Crippen LogP contribution in [0.3, 0.4) is 0 Å². The van der Waals surface area contributed by atoms with Gasteiger partial charge in [0, 0.05) is 17.8 Å². The summed E-state index contributed by atoms with van der Waals surface area (Å²) in [7, 11) is 0. The average Bonchev–Trinajstić information content (AvgIpc) is 2.78. The van der Waals surface area contributed by atoms with Crippen molar-refractivity contribution in [2.45, 2.75) is 0 Å². The highest BCUT2D eigenvalue weighted by molar-refractivity contribution is 6.12. The van der Waals surface area contributed by atoms with E-state index in [2.05, 4.69) is 9.97 Å². The zero-order valence-corrected chi connectivity index (χ0v) is 15.8. The molecular formula is C24H18N2O4. The van der Waals surface area contributed by atoms with Crippen LogP contribution in [0.5, 0.6) is 0 Å². The number of aromatic carboxylic acids is 2. The molecule has 30 heavy (non-hydrogen) atoms. The Hall–Kier alpha value is -4.32. The fourth-order valence-electron chi connectivity index (χ4n) is 2.82. The van der Waals surface area contributed by atoms with Gasteiger partial charge in [0.05, 0.1) is 22.5 Å². The van der Waals surface area contributed by atoms with Crippen LogP contribution in [-0.2, 0) is 0 Å². The van der Waals surface area contributed by atoms with Crippen molar-refractivity contribution in [1.29, 1.82) is 0 Å². The lowest BCUT2D eigenvalue weighted by atomic mass is 9.99. The zero-order valence-electron chi connectivity index (χ0n) is 15.8. The summed E-state index contributed by atoms with van der Waals surface area (Å²) in [6.45, 7) is 0. The second-order valence-corrected chi connectivity index (χ2v) is 6.16. The Morgan fingerprint density at radius 1 is 0.633 bits per heavy atom. The van der Waals surface area contributed by atoms with Gasteiger partial charge in [-0.05, 0) is 53.9 Å². The molecule has 0 bridgehead atoms. The Kier molecular flexibility index (Phi) is 6.63. The van der Waals surface area contributed by atoms with E-state index >= 15 is 0 Å². The number of hydrogen-bond donors (Lipinski definition) is 2. The molecule has 0 amide bonds. The summed E-state index contributed by atoms with van der Waals surface area (Å²) in [5.74, 6) is -2.25. The number of carboxylic acid groups (broad SMARTS) is 2. The summed E-state index contributed by atoms with van der Waals surface area (Å²) in [5, 5.41) is 18.9. The van der Waals surface area contributed by atoms with Gasteiger partial charge in [-0.3, -0.25) is 9.97 Å². The highest BCUT2D eigenvalue weighted by Gasteiger charge is 2.15. The first-order chi connectivity index (χ1) is 14.6. The van der Waals surface area contributed by atoms with E-state index in [1.807, 2.05) is 48.6 Å². The van der Waals surface area contributed by atoms with Gasteiger partial charge >= 0.3 is 11.9 Å². The van der Waals surface area contributed by atoms with Gasteiger partial charge in [0.25, 0.3) is 0 Å². The minimum absolute atomic E-state index is 0.00972. The maximum atomic E-state index is 11.0. The predicted octanol–water partition coefficient (Wildman–Crippen LogP) is 4.88. The molecule has 148 valence electrons. The molecular weight excluding hydrogens is 380 g/mol. The van der Waals surface area contributed by atoms with Crippen molar-refractivity contribution in [1.82, 2.24) is 9.97 Å². The van der Waals surface area contributed by atoms with Crippen molar-refractivity contribution in [3.63, 3.8) is 0 Å². The van der Waals surface area contributed by atoms with Crippen molar-refractivity contribution >= 4 is 34.9 Å². The second-order valence-electron chi connectivity index (χ2n) is 6.16. The van der Waals surface area contributed by atoms with Crippen LogP contribution in [0.25, 0.3) is 22.9 Å². The maximum absolute atomic E-state index is 11.0. The Bertz CT molecular complexity index is 1100. The molecule has 2 heterocycles. The topological polar surface area (TPSA) is 100 Å². The molecule has 0 atom stereocenters. The SMILES string of the molecule is C(=C\c1ccccn1)/c1ccccn1.O=C(O)c1cccc2cccc(C(=O)O)c12. The lowest BCUT2D eigenvalue weighted by Crippen LogP contribution is -2.03. The molecule has 0 aliphatic rings. The van der Waals surface area contributed by atoms with Crippen LogP contribution >= 0.6 is 0 Å². The van der Waals surface area contributed by atoms with Crippen molar-refractivity contribution in [3.05, 3.63) is 108 Å². The van der Waals surface area contributed by atoms with Crippen molar-refractivity contribution in [2.24, 2.45) is 0 Å². The van der Waals surface area contributed by atoms with E-state index < -0.39 is 11.9 Å². The summed E-state index contributed by atoms with van der Waals surface area (Å²) in [5.41, 5.74) is 1.90. The third-order valence-electron chi connectivity index (χ3n) is 4.17. The molecule has 0 saturated heterocycles. The number of carboxylic acids is 2. The summed E-state index contributed by atoms with van der Waals surface area (Å²) in [6.07, 6.45) is 7.45. The predicted molar refractivity (Wildman–Crippen MR) is 115 cm³/mol. The molecule has 2 aromatic heterocycles. The lowest BCUT2D eigenvalue weighted by Gasteiger charge is -2.05. The molecule has 0 saturated carbocycles. The Balaban J connectivity index is 0.000000172. The van der Waals surface area contributed by atoms with Crippen LogP contribution in [-0.4, -0.2) is 32.1 Å². The Morgan fingerprint density at radius 3 is 1.47 bits per heavy atom. The van der Waals surface area contributed by atoms with Crippen LogP contribution in [0.15, 0.2) is 85.2 Å². The number of pyridine rings is 2. The van der Waals surface area contributed by atoms with E-state index in [0.29, 0.717) is 5.39 Å². The third kappa shape index (κ3) is 5.14. The fourth-order valence-corrected chi connectivity index (χ4v) is 2.82. The molecule has 0 unspecified atom stereocenters. The monoisotopic (exact) mass is 398 g/mol. The number of benzene rings is 2. The Labute approximate surface area is 172 Å². The van der Waals surface area contributed by atoms with Gasteiger partial charge < -0.3 is 10.2 Å². The molecule has 4 rings (SSSR count). The first-order valence-corrected chi connectivity index (χ1v) is 9.05. The number of aromatic nitrogens is 2. The largest absolute Gasteiger partial charge is 0.478 e. The molecule has 6 heteroatoms. The maximum Gasteiger partial charge on any atom is 0.336 e. The van der Waals surface area contributed by atoms with Crippen LogP contribution < -0.4 is 0 Å². The molecule has 6 nitrogen and oxygen atoms in total. The van der Waals surface area contributed by atoms with Gasteiger partial charge in [0.15, 0.2) is 0 Å². The molecule has 4 aromatic rings. The summed E-state index contributed by atoms with van der Waals surface area (Å²) in [6, 6.07) is 21.0. The fraction of sp³-hybridized carbons (Fsp3) is 0. The number of carbonyl (C=O) groups is 2. The quantitative estimate of drug-likeness (QED) is 0.508. The van der Waals surface area contributed by atoms with E-state index in [1.165, 1.54) is 12.1 Å². The number of rotatable bonds is 4. The number of nitrogens with zero attached hydrogens (tertiary/aromatic N) is 2. The normalized spacial score (nSPS) is 10.4. The van der Waals surface area contributed by atoms with Gasteiger partial charge in [-0.25, -0.2) is 9.59 Å². The number of hydrogen-bond acceptors (Lipinski definition) is 4. The van der Waals surface area contributed by atoms with Crippen LogP contribution in [0.4, 0.5) is 0 Å². The Morgan fingerprint density at radius 2 is 1.10 bits per heavy atom. The lowest BCUT2D eigenvalue weighted by molar-refractivity contribution is 0.0695. The van der Waals surface area contributed by atoms with E-state index in [-0.39, 0.29) is 16.5 Å². The van der Waals surface area contributed by atoms with E-state index in [4.69, 9.17) is 10.2 Å². The summed E-state index contributed by atoms with van der Waals surface area (Å²) >= 11 is 0. The summed E-state index contributed by atoms with van der Waals surface area (Å²) < 4.78 is 0. The molecule has 0 fully saturated rings. The van der Waals surface area contributed by atoms with Gasteiger partial charge in [0.1, 0.15) is 0 Å². The number of fused-ring (bicyclic) bond motifs is 1. The highest BCUT2D eigenvalue weighted by Crippen LogP contribution is 2.23. The van der Waals surface area contributed by atoms with E-state index in [1.54, 1.807) is 36.7 Å². The average molecular weight is 398 g/mol. The standard InChI is InChI=1S/C12H10N2.C12H8O4/c1-3-9-13-11(5-1)7-8-12-6-2-4-10-14-12;13-11(14)8-5-1-3-7-4-2-6-9(10(7)8)12(15)16/h1-10H;1-6H,(H,13,14)(H,15,16)/b8-7+;. The molecule has 0 spiro atoms. The van der Waals surface area contributed by atoms with Gasteiger partial charge in [-0.2, -0.15) is 0 Å². The highest BCUT2D eigenvalue weighted by atomic mass is 16.4. The first kappa shape index (κ1) is 20.4. The van der Waals surface area contributed by atoms with Crippen molar-refractivity contribution in [2.75, 3.05) is 0 Å². The zero-order chi connectivity index (χ0) is 21.3. The van der Waals surface area contributed by atoms with E-state index in [9.17, 15) is 9.59 Å². The van der Waals surface area contributed by atoms with E-state index in [0.717, 1.165) is 11.4 Å². The third-order valence-corrected chi connectivity index (χ3v) is 4.17. The molecule has 2 N–H and O–H groups in total. The van der Waals surface area contributed by atoms with Crippen LogP contribution in [0, 0.1) is 0 Å². The van der Waals surface area contributed by atoms with Crippen molar-refractivity contribution in [3.8, 4) is 0 Å². The first-order valence-electron chi connectivity index (χ1n) is 9.05. The van der Waals surface area contributed by atoms with Crippen molar-refractivity contribution < 1.29 is 19.8 Å². The van der Waals surface area contributed by atoms with Gasteiger partial charge in [-0.15, -0.1) is 0 Å². The minimum atomic E-state index is -1.13. The molecule has 0 radical (unpaired) electrons. The minimum Gasteiger partial charge on any atom is -0.478 e. The van der Waals surface area contributed by atoms with Gasteiger partial charge in [0.2, 0.25) is 0 Å². The molecule has 2 aromatic carbocycles. The van der Waals surface area contributed by atoms with Crippen LogP contribution in [0.2, 0.25) is 0 Å².